The molecule has 0 aliphatic rings. The number of nitrogens with zero attached hydrogens (tertiary/aromatic N) is 2. The van der Waals surface area contributed by atoms with Crippen molar-refractivity contribution in [2.45, 2.75) is 39.5 Å². The highest BCUT2D eigenvalue weighted by molar-refractivity contribution is 9.10. The second-order valence-corrected chi connectivity index (χ2v) is 9.32. The molecule has 2 aromatic carbocycles. The first-order valence-corrected chi connectivity index (χ1v) is 13.1. The molecule has 0 saturated carbocycles. The maximum Gasteiger partial charge on any atom is 0.270 e. The van der Waals surface area contributed by atoms with Crippen molar-refractivity contribution >= 4 is 39.3 Å². The Balaban J connectivity index is 1.59. The quantitative estimate of drug-likeness (QED) is 0.264. The van der Waals surface area contributed by atoms with Crippen molar-refractivity contribution in [2.24, 2.45) is 0 Å². The Morgan fingerprint density at radius 1 is 1.06 bits per heavy atom. The molecule has 0 unspecified atom stereocenters. The van der Waals surface area contributed by atoms with Crippen molar-refractivity contribution in [3.05, 3.63) is 88.0 Å². The van der Waals surface area contributed by atoms with Gasteiger partial charge in [0, 0.05) is 24.4 Å². The van der Waals surface area contributed by atoms with Gasteiger partial charge in [0.05, 0.1) is 11.0 Å². The van der Waals surface area contributed by atoms with E-state index in [0.717, 1.165) is 36.8 Å². The maximum absolute atomic E-state index is 12.9. The topological polar surface area (TPSA) is 90.1 Å². The molecule has 3 N–H and O–H groups in total. The summed E-state index contributed by atoms with van der Waals surface area (Å²) in [4.78, 5) is 27.6. The molecular formula is C28H34BrN5O2. The van der Waals surface area contributed by atoms with Gasteiger partial charge in [-0.05, 0) is 46.3 Å². The molecule has 0 atom stereocenters. The van der Waals surface area contributed by atoms with E-state index in [-0.39, 0.29) is 18.1 Å². The molecule has 1 heterocycles. The lowest BCUT2D eigenvalue weighted by Crippen LogP contribution is -2.41. The van der Waals surface area contributed by atoms with E-state index in [1.165, 1.54) is 5.56 Å². The van der Waals surface area contributed by atoms with E-state index in [1.54, 1.807) is 0 Å². The lowest BCUT2D eigenvalue weighted by molar-refractivity contribution is -0.130. The predicted octanol–water partition coefficient (Wildman–Crippen LogP) is 5.42. The molecule has 0 aliphatic heterocycles. The van der Waals surface area contributed by atoms with Gasteiger partial charge in [0.25, 0.3) is 5.91 Å². The van der Waals surface area contributed by atoms with E-state index in [0.29, 0.717) is 29.1 Å². The maximum atomic E-state index is 12.9. The van der Waals surface area contributed by atoms with Crippen LogP contribution in [0, 0.1) is 0 Å². The van der Waals surface area contributed by atoms with Gasteiger partial charge in [-0.1, -0.05) is 81.4 Å². The molecule has 0 fully saturated rings. The third kappa shape index (κ3) is 7.31. The normalized spacial score (nSPS) is 10.6. The smallest absolute Gasteiger partial charge is 0.270 e. The second kappa shape index (κ2) is 13.6. The zero-order valence-electron chi connectivity index (χ0n) is 20.9. The molecule has 36 heavy (non-hydrogen) atoms. The fourth-order valence-electron chi connectivity index (χ4n) is 3.87. The SMILES string of the molecule is C=C(Nc1n[nH]c(C(=O)NCC(=O)N(CCCC)CCc2ccccc2)c1Br)c1ccccc1CC. The number of amides is 2. The standard InChI is InChI=1S/C28H34BrN5O2/c1-4-6-17-34(18-16-21-12-8-7-9-13-21)24(35)19-30-28(36)26-25(29)27(33-32-26)31-20(3)23-15-11-10-14-22(23)5-2/h7-15H,3-6,16-19H2,1-2H3,(H,30,36)(H2,31,32,33). The zero-order valence-corrected chi connectivity index (χ0v) is 22.5. The molecule has 0 saturated heterocycles. The minimum atomic E-state index is -0.408. The molecule has 0 radical (unpaired) electrons. The number of aromatic nitrogens is 2. The van der Waals surface area contributed by atoms with Crippen LogP contribution in [-0.2, 0) is 17.6 Å². The van der Waals surface area contributed by atoms with E-state index in [1.807, 2.05) is 41.3 Å². The summed E-state index contributed by atoms with van der Waals surface area (Å²) in [5.74, 6) is -0.0602. The van der Waals surface area contributed by atoms with Crippen LogP contribution in [0.1, 0.15) is 53.9 Å². The third-order valence-corrected chi connectivity index (χ3v) is 6.75. The van der Waals surface area contributed by atoms with Crippen molar-refractivity contribution in [1.29, 1.82) is 0 Å². The highest BCUT2D eigenvalue weighted by atomic mass is 79.9. The van der Waals surface area contributed by atoms with Gasteiger partial charge in [-0.15, -0.1) is 0 Å². The summed E-state index contributed by atoms with van der Waals surface area (Å²) < 4.78 is 0.481. The lowest BCUT2D eigenvalue weighted by atomic mass is 10.0. The van der Waals surface area contributed by atoms with Crippen molar-refractivity contribution in [1.82, 2.24) is 20.4 Å². The Kier molecular flexibility index (Phi) is 10.3. The molecule has 7 nitrogen and oxygen atoms in total. The molecule has 2 amide bonds. The second-order valence-electron chi connectivity index (χ2n) is 8.53. The van der Waals surface area contributed by atoms with Gasteiger partial charge in [-0.3, -0.25) is 14.7 Å². The van der Waals surface area contributed by atoms with Crippen LogP contribution in [0.25, 0.3) is 5.70 Å². The van der Waals surface area contributed by atoms with Crippen LogP contribution in [0.5, 0.6) is 0 Å². The Labute approximate surface area is 221 Å². The van der Waals surface area contributed by atoms with Crippen molar-refractivity contribution in [3.63, 3.8) is 0 Å². The van der Waals surface area contributed by atoms with Crippen LogP contribution in [0.2, 0.25) is 0 Å². The number of aromatic amines is 1. The van der Waals surface area contributed by atoms with Crippen LogP contribution in [0.3, 0.4) is 0 Å². The molecule has 0 spiro atoms. The number of unbranched alkanes of at least 4 members (excludes halogenated alkanes) is 1. The monoisotopic (exact) mass is 551 g/mol. The van der Waals surface area contributed by atoms with Gasteiger partial charge < -0.3 is 15.5 Å². The number of halogens is 1. The van der Waals surface area contributed by atoms with Gasteiger partial charge in [0.1, 0.15) is 5.69 Å². The Bertz CT molecular complexity index is 1180. The average molecular weight is 553 g/mol. The predicted molar refractivity (Wildman–Crippen MR) is 149 cm³/mol. The van der Waals surface area contributed by atoms with Crippen molar-refractivity contribution < 1.29 is 9.59 Å². The molecular weight excluding hydrogens is 518 g/mol. The van der Waals surface area contributed by atoms with Gasteiger partial charge in [0.15, 0.2) is 5.82 Å². The lowest BCUT2D eigenvalue weighted by Gasteiger charge is -2.23. The third-order valence-electron chi connectivity index (χ3n) is 5.97. The summed E-state index contributed by atoms with van der Waals surface area (Å²) in [6, 6.07) is 18.1. The molecule has 1 aromatic heterocycles. The van der Waals surface area contributed by atoms with Crippen LogP contribution >= 0.6 is 15.9 Å². The molecule has 190 valence electrons. The number of hydrogen-bond acceptors (Lipinski definition) is 4. The number of carbonyl (C=O) groups is 2. The first-order chi connectivity index (χ1) is 17.4. The average Bonchev–Trinajstić information content (AvgIpc) is 3.27. The van der Waals surface area contributed by atoms with E-state index in [4.69, 9.17) is 0 Å². The molecule has 8 heteroatoms. The summed E-state index contributed by atoms with van der Waals surface area (Å²) in [5, 5.41) is 12.9. The number of carbonyl (C=O) groups excluding carboxylic acids is 2. The minimum Gasteiger partial charge on any atom is -0.342 e. The Morgan fingerprint density at radius 2 is 1.78 bits per heavy atom. The van der Waals surface area contributed by atoms with E-state index >= 15 is 0 Å². The number of anilines is 1. The first kappa shape index (κ1) is 27.2. The van der Waals surface area contributed by atoms with Gasteiger partial charge in [-0.2, -0.15) is 5.10 Å². The van der Waals surface area contributed by atoms with Gasteiger partial charge in [0.2, 0.25) is 5.91 Å². The first-order valence-electron chi connectivity index (χ1n) is 12.3. The summed E-state index contributed by atoms with van der Waals surface area (Å²) in [5.41, 5.74) is 4.27. The molecule has 0 bridgehead atoms. The highest BCUT2D eigenvalue weighted by Crippen LogP contribution is 2.27. The van der Waals surface area contributed by atoms with E-state index in [2.05, 4.69) is 75.4 Å². The number of aryl methyl sites for hydroxylation is 1. The van der Waals surface area contributed by atoms with Gasteiger partial charge >= 0.3 is 0 Å². The Hall–Kier alpha value is -3.39. The number of nitrogens with one attached hydrogen (secondary N) is 3. The molecule has 3 rings (SSSR count). The number of hydrogen-bond donors (Lipinski definition) is 3. The summed E-state index contributed by atoms with van der Waals surface area (Å²) >= 11 is 3.46. The van der Waals surface area contributed by atoms with Crippen LogP contribution < -0.4 is 10.6 Å². The van der Waals surface area contributed by atoms with E-state index < -0.39 is 5.91 Å². The number of benzene rings is 2. The fourth-order valence-corrected chi connectivity index (χ4v) is 4.33. The summed E-state index contributed by atoms with van der Waals surface area (Å²) in [7, 11) is 0. The summed E-state index contributed by atoms with van der Waals surface area (Å²) in [6.07, 6.45) is 3.56. The number of rotatable bonds is 13. The van der Waals surface area contributed by atoms with Crippen molar-refractivity contribution in [3.8, 4) is 0 Å². The van der Waals surface area contributed by atoms with Crippen LogP contribution in [-0.4, -0.2) is 46.5 Å². The number of H-pyrrole nitrogens is 1. The minimum absolute atomic E-state index is 0.0812. The van der Waals surface area contributed by atoms with Gasteiger partial charge in [-0.25, -0.2) is 0 Å². The van der Waals surface area contributed by atoms with Crippen LogP contribution in [0.15, 0.2) is 65.6 Å². The Morgan fingerprint density at radius 3 is 2.50 bits per heavy atom. The molecule has 0 aliphatic carbocycles. The van der Waals surface area contributed by atoms with E-state index in [9.17, 15) is 9.59 Å². The van der Waals surface area contributed by atoms with Crippen molar-refractivity contribution in [2.75, 3.05) is 25.0 Å². The fraction of sp³-hybridized carbons (Fsp3) is 0.321. The largest absolute Gasteiger partial charge is 0.342 e. The zero-order chi connectivity index (χ0) is 25.9. The summed E-state index contributed by atoms with van der Waals surface area (Å²) in [6.45, 7) is 9.51. The van der Waals surface area contributed by atoms with Crippen LogP contribution in [0.4, 0.5) is 5.82 Å². The highest BCUT2D eigenvalue weighted by Gasteiger charge is 2.20. The molecule has 3 aromatic rings.